The molecule has 0 aromatic carbocycles. The van der Waals surface area contributed by atoms with Crippen LogP contribution in [0.4, 0.5) is 4.79 Å². The molecule has 0 radical (unpaired) electrons. The number of hydrogen-bond acceptors (Lipinski definition) is 3. The highest BCUT2D eigenvalue weighted by molar-refractivity contribution is 5.67. The van der Waals surface area contributed by atoms with Gasteiger partial charge in [-0.05, 0) is 27.7 Å². The van der Waals surface area contributed by atoms with Gasteiger partial charge < -0.3 is 15.4 Å². The number of nitrogens with one attached hydrogen (secondary N) is 2. The van der Waals surface area contributed by atoms with Crippen molar-refractivity contribution in [2.24, 2.45) is 0 Å². The van der Waals surface area contributed by atoms with Crippen LogP contribution in [0.25, 0.3) is 0 Å². The summed E-state index contributed by atoms with van der Waals surface area (Å²) >= 11 is 0. The van der Waals surface area contributed by atoms with Crippen molar-refractivity contribution in [3.8, 4) is 0 Å². The fraction of sp³-hybridized carbons (Fsp3) is 0.909. The maximum Gasteiger partial charge on any atom is 0.407 e. The van der Waals surface area contributed by atoms with E-state index in [0.29, 0.717) is 12.6 Å². The molecule has 4 nitrogen and oxygen atoms in total. The topological polar surface area (TPSA) is 50.4 Å². The van der Waals surface area contributed by atoms with Crippen LogP contribution < -0.4 is 10.6 Å². The third kappa shape index (κ3) is 9.53. The summed E-state index contributed by atoms with van der Waals surface area (Å²) in [6, 6.07) is 0.665. The molecule has 0 fully saturated rings. The Labute approximate surface area is 92.8 Å². The smallest absolute Gasteiger partial charge is 0.407 e. The lowest BCUT2D eigenvalue weighted by atomic mass is 10.2. The number of ether oxygens (including phenoxy) is 1. The molecule has 0 unspecified atom stereocenters. The monoisotopic (exact) mass is 216 g/mol. The van der Waals surface area contributed by atoms with E-state index in [-0.39, 0.29) is 12.1 Å². The molecule has 4 heteroatoms. The second-order valence-corrected chi connectivity index (χ2v) is 5.11. The van der Waals surface area contributed by atoms with Gasteiger partial charge in [-0.2, -0.15) is 0 Å². The Morgan fingerprint density at radius 1 is 1.27 bits per heavy atom. The van der Waals surface area contributed by atoms with Gasteiger partial charge in [-0.1, -0.05) is 13.8 Å². The molecule has 0 aliphatic carbocycles. The quantitative estimate of drug-likeness (QED) is 0.754. The standard InChI is InChI=1S/C11H24N2O2/c1-8(2)13-9(3)7-12-10(14)15-11(4,5)6/h8-9,13H,7H2,1-6H3,(H,12,14)/t9-/m1/s1. The molecule has 2 N–H and O–H groups in total. The summed E-state index contributed by atoms with van der Waals surface area (Å²) < 4.78 is 5.12. The van der Waals surface area contributed by atoms with Crippen LogP contribution in [0.15, 0.2) is 0 Å². The zero-order valence-electron chi connectivity index (χ0n) is 10.7. The highest BCUT2D eigenvalue weighted by Gasteiger charge is 2.16. The van der Waals surface area contributed by atoms with Crippen LogP contribution in [0.3, 0.4) is 0 Å². The van der Waals surface area contributed by atoms with Gasteiger partial charge in [-0.3, -0.25) is 0 Å². The number of amides is 1. The molecule has 0 aromatic rings. The summed E-state index contributed by atoms with van der Waals surface area (Å²) in [4.78, 5) is 11.3. The van der Waals surface area contributed by atoms with Crippen LogP contribution in [0.1, 0.15) is 41.5 Å². The second kappa shape index (κ2) is 5.95. The largest absolute Gasteiger partial charge is 0.444 e. The number of rotatable bonds is 4. The fourth-order valence-electron chi connectivity index (χ4n) is 1.18. The van der Waals surface area contributed by atoms with Gasteiger partial charge in [0, 0.05) is 18.6 Å². The van der Waals surface area contributed by atoms with E-state index in [1.54, 1.807) is 0 Å². The van der Waals surface area contributed by atoms with E-state index < -0.39 is 5.60 Å². The molecule has 90 valence electrons. The molecule has 0 spiro atoms. The summed E-state index contributed by atoms with van der Waals surface area (Å²) in [6.07, 6.45) is -0.361. The molecule has 0 saturated heterocycles. The van der Waals surface area contributed by atoms with E-state index in [1.807, 2.05) is 27.7 Å². The highest BCUT2D eigenvalue weighted by Crippen LogP contribution is 2.06. The molecule has 0 aliphatic heterocycles. The number of carbonyl (C=O) groups excluding carboxylic acids is 1. The van der Waals surface area contributed by atoms with Crippen molar-refractivity contribution in [2.75, 3.05) is 6.54 Å². The van der Waals surface area contributed by atoms with Gasteiger partial charge in [0.05, 0.1) is 0 Å². The third-order valence-electron chi connectivity index (χ3n) is 1.57. The van der Waals surface area contributed by atoms with Crippen LogP contribution in [-0.4, -0.2) is 30.3 Å². The maximum atomic E-state index is 11.3. The van der Waals surface area contributed by atoms with Crippen molar-refractivity contribution >= 4 is 6.09 Å². The van der Waals surface area contributed by atoms with Crippen LogP contribution in [0, 0.1) is 0 Å². The van der Waals surface area contributed by atoms with E-state index >= 15 is 0 Å². The van der Waals surface area contributed by atoms with Crippen molar-refractivity contribution in [1.29, 1.82) is 0 Å². The number of alkyl carbamates (subject to hydrolysis) is 1. The molecule has 1 atom stereocenters. The van der Waals surface area contributed by atoms with Gasteiger partial charge >= 0.3 is 6.09 Å². The zero-order valence-corrected chi connectivity index (χ0v) is 10.7. The summed E-state index contributed by atoms with van der Waals surface area (Å²) in [5, 5.41) is 6.01. The molecule has 0 aromatic heterocycles. The molecule has 15 heavy (non-hydrogen) atoms. The van der Waals surface area contributed by atoms with Crippen LogP contribution in [-0.2, 0) is 4.74 Å². The van der Waals surface area contributed by atoms with Crippen molar-refractivity contribution in [3.63, 3.8) is 0 Å². The molecule has 0 heterocycles. The molecule has 0 bridgehead atoms. The van der Waals surface area contributed by atoms with E-state index in [4.69, 9.17) is 4.74 Å². The Hall–Kier alpha value is -0.770. The summed E-state index contributed by atoms with van der Waals surface area (Å²) in [7, 11) is 0. The summed E-state index contributed by atoms with van der Waals surface area (Å²) in [5.41, 5.74) is -0.432. The van der Waals surface area contributed by atoms with E-state index in [0.717, 1.165) is 0 Å². The Bertz CT molecular complexity index is 197. The molecule has 0 aliphatic rings. The lowest BCUT2D eigenvalue weighted by Gasteiger charge is -2.21. The lowest BCUT2D eigenvalue weighted by molar-refractivity contribution is 0.0523. The van der Waals surface area contributed by atoms with Gasteiger partial charge in [-0.15, -0.1) is 0 Å². The zero-order chi connectivity index (χ0) is 12.1. The minimum absolute atomic E-state index is 0.248. The summed E-state index contributed by atoms with van der Waals surface area (Å²) in [6.45, 7) is 12.3. The highest BCUT2D eigenvalue weighted by atomic mass is 16.6. The average Bonchev–Trinajstić information content (AvgIpc) is 1.96. The van der Waals surface area contributed by atoms with Gasteiger partial charge in [-0.25, -0.2) is 4.79 Å². The predicted octanol–water partition coefficient (Wildman–Crippen LogP) is 1.90. The maximum absolute atomic E-state index is 11.3. The molecule has 0 saturated carbocycles. The average molecular weight is 216 g/mol. The van der Waals surface area contributed by atoms with E-state index in [2.05, 4.69) is 24.5 Å². The van der Waals surface area contributed by atoms with Crippen molar-refractivity contribution < 1.29 is 9.53 Å². The number of hydrogen-bond donors (Lipinski definition) is 2. The normalized spacial score (nSPS) is 13.8. The van der Waals surface area contributed by atoms with Crippen LogP contribution in [0.2, 0.25) is 0 Å². The Balaban J connectivity index is 3.72. The lowest BCUT2D eigenvalue weighted by Crippen LogP contribution is -2.43. The van der Waals surface area contributed by atoms with Gasteiger partial charge in [0.1, 0.15) is 5.60 Å². The SMILES string of the molecule is CC(C)N[C@H](C)CNC(=O)OC(C)(C)C. The van der Waals surface area contributed by atoms with Crippen molar-refractivity contribution in [1.82, 2.24) is 10.6 Å². The molecule has 0 rings (SSSR count). The minimum Gasteiger partial charge on any atom is -0.444 e. The van der Waals surface area contributed by atoms with Gasteiger partial charge in [0.15, 0.2) is 0 Å². The first-order valence-electron chi connectivity index (χ1n) is 5.43. The first kappa shape index (κ1) is 14.2. The predicted molar refractivity (Wildman–Crippen MR) is 62.0 cm³/mol. The molecular weight excluding hydrogens is 192 g/mol. The Morgan fingerprint density at radius 2 is 1.80 bits per heavy atom. The second-order valence-electron chi connectivity index (χ2n) is 5.11. The molecular formula is C11H24N2O2. The molecule has 1 amide bonds. The van der Waals surface area contributed by atoms with Crippen molar-refractivity contribution in [2.45, 2.75) is 59.2 Å². The van der Waals surface area contributed by atoms with Crippen LogP contribution >= 0.6 is 0 Å². The van der Waals surface area contributed by atoms with Gasteiger partial charge in [0.2, 0.25) is 0 Å². The van der Waals surface area contributed by atoms with Crippen LogP contribution in [0.5, 0.6) is 0 Å². The Morgan fingerprint density at radius 3 is 2.20 bits per heavy atom. The number of carbonyl (C=O) groups is 1. The van der Waals surface area contributed by atoms with E-state index in [9.17, 15) is 4.79 Å². The van der Waals surface area contributed by atoms with Gasteiger partial charge in [0.25, 0.3) is 0 Å². The summed E-state index contributed by atoms with van der Waals surface area (Å²) in [5.74, 6) is 0. The fourth-order valence-corrected chi connectivity index (χ4v) is 1.18. The van der Waals surface area contributed by atoms with Crippen molar-refractivity contribution in [3.05, 3.63) is 0 Å². The van der Waals surface area contributed by atoms with E-state index in [1.165, 1.54) is 0 Å². The first-order valence-corrected chi connectivity index (χ1v) is 5.43. The first-order chi connectivity index (χ1) is 6.70. The Kier molecular flexibility index (Phi) is 5.65. The third-order valence-corrected chi connectivity index (χ3v) is 1.57. The minimum atomic E-state index is -0.432.